The first-order chi connectivity index (χ1) is 13.5. The Hall–Kier alpha value is -3.82. The highest BCUT2D eigenvalue weighted by Gasteiger charge is 2.27. The van der Waals surface area contributed by atoms with Crippen molar-refractivity contribution in [2.75, 3.05) is 13.2 Å². The first kappa shape index (κ1) is 19.0. The lowest BCUT2D eigenvalue weighted by atomic mass is 10.2. The van der Waals surface area contributed by atoms with Crippen LogP contribution in [0.5, 0.6) is 23.0 Å². The van der Waals surface area contributed by atoms with Crippen LogP contribution in [-0.2, 0) is 4.79 Å². The number of carbonyl (C=O) groups excluding carboxylic acids is 1. The number of ether oxygens (including phenoxy) is 3. The number of hydrogen-bond acceptors (Lipinski definition) is 8. The first-order valence-electron chi connectivity index (χ1n) is 8.35. The summed E-state index contributed by atoms with van der Waals surface area (Å²) in [5.41, 5.74) is 2.03. The smallest absolute Gasteiger partial charge is 0.315 e. The number of aromatic hydroxyl groups is 1. The van der Waals surface area contributed by atoms with E-state index in [4.69, 9.17) is 14.2 Å². The number of hydrazone groups is 1. The maximum absolute atomic E-state index is 12.2. The van der Waals surface area contributed by atoms with Crippen LogP contribution in [0.1, 0.15) is 12.5 Å². The van der Waals surface area contributed by atoms with Crippen molar-refractivity contribution < 1.29 is 29.0 Å². The Labute approximate surface area is 159 Å². The van der Waals surface area contributed by atoms with E-state index in [0.717, 1.165) is 6.07 Å². The second kappa shape index (κ2) is 8.25. The number of rotatable bonds is 6. The van der Waals surface area contributed by atoms with Crippen LogP contribution in [0.15, 0.2) is 41.5 Å². The third-order valence-electron chi connectivity index (χ3n) is 3.76. The Morgan fingerprint density at radius 3 is 2.89 bits per heavy atom. The van der Waals surface area contributed by atoms with E-state index in [9.17, 15) is 20.0 Å². The van der Waals surface area contributed by atoms with Crippen LogP contribution < -0.4 is 19.6 Å². The van der Waals surface area contributed by atoms with Crippen LogP contribution >= 0.6 is 0 Å². The van der Waals surface area contributed by atoms with Gasteiger partial charge in [-0.2, -0.15) is 5.10 Å². The molecule has 10 nitrogen and oxygen atoms in total. The lowest BCUT2D eigenvalue weighted by molar-refractivity contribution is -0.386. The molecule has 0 saturated heterocycles. The molecule has 2 aromatic rings. The standard InChI is InChI=1S/C18H17N3O7/c1-2-26-15-8-11(7-12(17(15)22)21(24)25)9-19-20-18(23)16-10-27-13-5-3-4-6-14(13)28-16/h3-9,16,22H,2,10H2,1H3,(H,20,23)/b19-9+. The fourth-order valence-corrected chi connectivity index (χ4v) is 2.48. The predicted molar refractivity (Wildman–Crippen MR) is 98.0 cm³/mol. The molecule has 0 fully saturated rings. The SMILES string of the molecule is CCOc1cc(/C=N/NC(=O)C2COc3ccccc3O2)cc([N+](=O)[O-])c1O. The monoisotopic (exact) mass is 387 g/mol. The van der Waals surface area contributed by atoms with Crippen molar-refractivity contribution in [1.29, 1.82) is 0 Å². The molecular formula is C18H17N3O7. The Morgan fingerprint density at radius 2 is 2.18 bits per heavy atom. The van der Waals surface area contributed by atoms with Crippen molar-refractivity contribution >= 4 is 17.8 Å². The maximum Gasteiger partial charge on any atom is 0.315 e. The van der Waals surface area contributed by atoms with E-state index in [1.165, 1.54) is 12.3 Å². The number of fused-ring (bicyclic) bond motifs is 1. The summed E-state index contributed by atoms with van der Waals surface area (Å²) >= 11 is 0. The van der Waals surface area contributed by atoms with Gasteiger partial charge in [-0.25, -0.2) is 5.43 Å². The number of carbonyl (C=O) groups is 1. The molecule has 3 rings (SSSR count). The van der Waals surface area contributed by atoms with E-state index in [2.05, 4.69) is 10.5 Å². The third kappa shape index (κ3) is 4.11. The average Bonchev–Trinajstić information content (AvgIpc) is 2.69. The van der Waals surface area contributed by atoms with E-state index in [-0.39, 0.29) is 24.5 Å². The number of para-hydroxylation sites is 2. The molecule has 1 atom stereocenters. The van der Waals surface area contributed by atoms with Crippen LogP contribution in [-0.4, -0.2) is 41.5 Å². The van der Waals surface area contributed by atoms with Gasteiger partial charge in [-0.15, -0.1) is 0 Å². The summed E-state index contributed by atoms with van der Waals surface area (Å²) in [4.78, 5) is 22.5. The number of phenols is 1. The van der Waals surface area contributed by atoms with Gasteiger partial charge in [0.05, 0.1) is 17.7 Å². The molecule has 0 aliphatic carbocycles. The molecule has 1 amide bonds. The van der Waals surface area contributed by atoms with Crippen LogP contribution in [0.4, 0.5) is 5.69 Å². The summed E-state index contributed by atoms with van der Waals surface area (Å²) < 4.78 is 16.2. The summed E-state index contributed by atoms with van der Waals surface area (Å²) in [7, 11) is 0. The van der Waals surface area contributed by atoms with Crippen molar-refractivity contribution in [3.8, 4) is 23.0 Å². The number of nitro groups is 1. The number of hydrogen-bond donors (Lipinski definition) is 2. The molecular weight excluding hydrogens is 370 g/mol. The zero-order chi connectivity index (χ0) is 20.1. The Morgan fingerprint density at radius 1 is 1.43 bits per heavy atom. The predicted octanol–water partition coefficient (Wildman–Crippen LogP) is 1.99. The molecule has 1 unspecified atom stereocenters. The molecule has 1 heterocycles. The lowest BCUT2D eigenvalue weighted by Gasteiger charge is -2.24. The molecule has 0 radical (unpaired) electrons. The Bertz CT molecular complexity index is 929. The van der Waals surface area contributed by atoms with Gasteiger partial charge in [0.1, 0.15) is 6.61 Å². The van der Waals surface area contributed by atoms with Gasteiger partial charge in [-0.05, 0) is 25.1 Å². The van der Waals surface area contributed by atoms with E-state index in [0.29, 0.717) is 11.5 Å². The molecule has 28 heavy (non-hydrogen) atoms. The molecule has 0 bridgehead atoms. The van der Waals surface area contributed by atoms with E-state index < -0.39 is 28.4 Å². The molecule has 10 heteroatoms. The van der Waals surface area contributed by atoms with Crippen molar-refractivity contribution in [2.24, 2.45) is 5.10 Å². The third-order valence-corrected chi connectivity index (χ3v) is 3.76. The second-order valence-corrected chi connectivity index (χ2v) is 5.68. The molecule has 1 aliphatic rings. The highest BCUT2D eigenvalue weighted by molar-refractivity contribution is 5.86. The van der Waals surface area contributed by atoms with Crippen LogP contribution in [0, 0.1) is 10.1 Å². The summed E-state index contributed by atoms with van der Waals surface area (Å²) in [5.74, 6) is -0.156. The van der Waals surface area contributed by atoms with Gasteiger partial charge in [-0.3, -0.25) is 14.9 Å². The highest BCUT2D eigenvalue weighted by atomic mass is 16.6. The largest absolute Gasteiger partial charge is 0.500 e. The molecule has 0 spiro atoms. The van der Waals surface area contributed by atoms with Gasteiger partial charge in [0.25, 0.3) is 5.91 Å². The summed E-state index contributed by atoms with van der Waals surface area (Å²) in [5, 5.41) is 24.7. The molecule has 146 valence electrons. The number of nitrogens with zero attached hydrogens (tertiary/aromatic N) is 2. The van der Waals surface area contributed by atoms with Gasteiger partial charge in [0.2, 0.25) is 11.9 Å². The van der Waals surface area contributed by atoms with Crippen LogP contribution in [0.25, 0.3) is 0 Å². The summed E-state index contributed by atoms with van der Waals surface area (Å²) in [6.45, 7) is 1.91. The van der Waals surface area contributed by atoms with Crippen molar-refractivity contribution in [2.45, 2.75) is 13.0 Å². The minimum Gasteiger partial charge on any atom is -0.500 e. The normalized spacial score (nSPS) is 15.2. The van der Waals surface area contributed by atoms with Gasteiger partial charge in [0.15, 0.2) is 17.2 Å². The van der Waals surface area contributed by atoms with Crippen LogP contribution in [0.3, 0.4) is 0 Å². The maximum atomic E-state index is 12.2. The molecule has 1 aliphatic heterocycles. The van der Waals surface area contributed by atoms with Gasteiger partial charge < -0.3 is 19.3 Å². The van der Waals surface area contributed by atoms with Crippen LogP contribution in [0.2, 0.25) is 0 Å². The number of nitro benzene ring substituents is 1. The van der Waals surface area contributed by atoms with Crippen molar-refractivity contribution in [1.82, 2.24) is 5.43 Å². The zero-order valence-electron chi connectivity index (χ0n) is 14.8. The molecule has 0 saturated carbocycles. The molecule has 2 aromatic carbocycles. The topological polar surface area (TPSA) is 133 Å². The van der Waals surface area contributed by atoms with E-state index >= 15 is 0 Å². The highest BCUT2D eigenvalue weighted by Crippen LogP contribution is 2.36. The Balaban J connectivity index is 1.69. The van der Waals surface area contributed by atoms with E-state index in [1.807, 2.05) is 0 Å². The fraction of sp³-hybridized carbons (Fsp3) is 0.222. The second-order valence-electron chi connectivity index (χ2n) is 5.68. The quantitative estimate of drug-likeness (QED) is 0.440. The minimum absolute atomic E-state index is 0.0253. The lowest BCUT2D eigenvalue weighted by Crippen LogP contribution is -2.42. The number of amides is 1. The van der Waals surface area contributed by atoms with Crippen molar-refractivity contribution in [3.63, 3.8) is 0 Å². The molecule has 2 N–H and O–H groups in total. The van der Waals surface area contributed by atoms with E-state index in [1.54, 1.807) is 31.2 Å². The zero-order valence-corrected chi connectivity index (χ0v) is 14.8. The fourth-order valence-electron chi connectivity index (χ4n) is 2.48. The van der Waals surface area contributed by atoms with Gasteiger partial charge >= 0.3 is 5.69 Å². The number of nitrogens with one attached hydrogen (secondary N) is 1. The minimum atomic E-state index is -0.889. The van der Waals surface area contributed by atoms with Crippen molar-refractivity contribution in [3.05, 3.63) is 52.1 Å². The Kier molecular flexibility index (Phi) is 5.58. The summed E-state index contributed by atoms with van der Waals surface area (Å²) in [6.07, 6.45) is 0.310. The first-order valence-corrected chi connectivity index (χ1v) is 8.35. The number of phenolic OH excluding ortho intramolecular Hbond substituents is 1. The summed E-state index contributed by atoms with van der Waals surface area (Å²) in [6, 6.07) is 9.45. The van der Waals surface area contributed by atoms with Gasteiger partial charge in [0, 0.05) is 11.6 Å². The average molecular weight is 387 g/mol. The number of benzene rings is 2. The van der Waals surface area contributed by atoms with Gasteiger partial charge in [-0.1, -0.05) is 12.1 Å². The molecule has 0 aromatic heterocycles.